The number of ketones is 1. The first kappa shape index (κ1) is 27.1. The molecule has 1 fully saturated rings. The van der Waals surface area contributed by atoms with E-state index in [-0.39, 0.29) is 34.4 Å². The third-order valence-corrected chi connectivity index (χ3v) is 7.32. The highest BCUT2D eigenvalue weighted by Gasteiger charge is 2.67. The first-order chi connectivity index (χ1) is 18.0. The van der Waals surface area contributed by atoms with Crippen LogP contribution in [0, 0.1) is 0 Å². The molecule has 4 rings (SSSR count). The maximum absolute atomic E-state index is 12.3. The molecule has 0 amide bonds. The zero-order valence-electron chi connectivity index (χ0n) is 22.3. The van der Waals surface area contributed by atoms with Gasteiger partial charge in [-0.15, -0.1) is 0 Å². The van der Waals surface area contributed by atoms with Crippen LogP contribution in [-0.2, 0) is 9.53 Å². The smallest absolute Gasteiger partial charge is 0.182 e. The molecular formula is C31H34O7. The number of allylic oxidation sites excluding steroid dienone is 4. The Bertz CT molecular complexity index is 1360. The third-order valence-electron chi connectivity index (χ3n) is 7.32. The highest BCUT2D eigenvalue weighted by Crippen LogP contribution is 2.62. The standard InChI is InChI=1S/C31H34O7/c1-19-12-13-31(30(2,3)38-31)25(14-19)24-15-21(17-28(37-5)29(24)35)7-10-23(33)18-22(32)9-6-20-8-11-26(34)27(16-20)36-4/h6-11,14-18,25,33-35H,12-13H2,1-5H3/b9-6+,10-7+,23-18-/t25-,31-/m1/s1. The van der Waals surface area contributed by atoms with E-state index in [4.69, 9.17) is 14.2 Å². The van der Waals surface area contributed by atoms with Gasteiger partial charge in [-0.3, -0.25) is 4.79 Å². The molecular weight excluding hydrogens is 484 g/mol. The Labute approximate surface area is 223 Å². The third kappa shape index (κ3) is 5.34. The Balaban J connectivity index is 1.56. The number of benzene rings is 2. The molecule has 2 aliphatic rings. The maximum atomic E-state index is 12.3. The van der Waals surface area contributed by atoms with Crippen LogP contribution < -0.4 is 9.47 Å². The first-order valence-electron chi connectivity index (χ1n) is 12.5. The fraction of sp³-hybridized carbons (Fsp3) is 0.323. The summed E-state index contributed by atoms with van der Waals surface area (Å²) < 4.78 is 16.7. The molecule has 0 unspecified atom stereocenters. The molecule has 1 saturated heterocycles. The molecule has 1 heterocycles. The number of aliphatic hydroxyl groups is 1. The van der Waals surface area contributed by atoms with Gasteiger partial charge in [0.1, 0.15) is 11.4 Å². The number of hydrogen-bond donors (Lipinski definition) is 3. The van der Waals surface area contributed by atoms with E-state index in [9.17, 15) is 20.1 Å². The largest absolute Gasteiger partial charge is 0.508 e. The van der Waals surface area contributed by atoms with E-state index in [1.165, 1.54) is 38.0 Å². The van der Waals surface area contributed by atoms with Crippen molar-refractivity contribution in [1.29, 1.82) is 0 Å². The van der Waals surface area contributed by atoms with Gasteiger partial charge in [0.2, 0.25) is 0 Å². The van der Waals surface area contributed by atoms with Crippen LogP contribution in [0.4, 0.5) is 0 Å². The van der Waals surface area contributed by atoms with Gasteiger partial charge in [-0.25, -0.2) is 0 Å². The van der Waals surface area contributed by atoms with Gasteiger partial charge in [0.25, 0.3) is 0 Å². The predicted molar refractivity (Wildman–Crippen MR) is 147 cm³/mol. The minimum atomic E-state index is -0.416. The van der Waals surface area contributed by atoms with Gasteiger partial charge >= 0.3 is 0 Å². The normalized spacial score (nSPS) is 22.6. The van der Waals surface area contributed by atoms with Crippen LogP contribution in [0.1, 0.15) is 56.2 Å². The van der Waals surface area contributed by atoms with E-state index < -0.39 is 5.78 Å². The van der Waals surface area contributed by atoms with Crippen LogP contribution in [0.5, 0.6) is 23.0 Å². The number of methoxy groups -OCH3 is 2. The van der Waals surface area contributed by atoms with Crippen molar-refractivity contribution in [2.75, 3.05) is 14.2 Å². The van der Waals surface area contributed by atoms with E-state index in [1.807, 2.05) is 6.07 Å². The van der Waals surface area contributed by atoms with Gasteiger partial charge in [-0.1, -0.05) is 29.9 Å². The van der Waals surface area contributed by atoms with Crippen molar-refractivity contribution in [1.82, 2.24) is 0 Å². The van der Waals surface area contributed by atoms with Crippen molar-refractivity contribution in [3.8, 4) is 23.0 Å². The van der Waals surface area contributed by atoms with E-state index in [0.29, 0.717) is 28.2 Å². The average Bonchev–Trinajstić information content (AvgIpc) is 3.44. The van der Waals surface area contributed by atoms with Crippen LogP contribution >= 0.6 is 0 Å². The number of aliphatic hydroxyl groups excluding tert-OH is 1. The monoisotopic (exact) mass is 518 g/mol. The van der Waals surface area contributed by atoms with Gasteiger partial charge in [-0.05, 0) is 81.2 Å². The number of phenols is 2. The number of rotatable bonds is 8. The Kier molecular flexibility index (Phi) is 7.42. The highest BCUT2D eigenvalue weighted by atomic mass is 16.6. The lowest BCUT2D eigenvalue weighted by atomic mass is 9.71. The second kappa shape index (κ2) is 10.4. The number of carbonyl (C=O) groups excluding carboxylic acids is 1. The molecule has 1 spiro atoms. The fourth-order valence-corrected chi connectivity index (χ4v) is 5.14. The van der Waals surface area contributed by atoms with Crippen LogP contribution in [0.3, 0.4) is 0 Å². The molecule has 0 saturated carbocycles. The van der Waals surface area contributed by atoms with Crippen molar-refractivity contribution in [2.24, 2.45) is 0 Å². The number of phenolic OH excluding ortho intramolecular Hbond substituents is 2. The number of aromatic hydroxyl groups is 2. The van der Waals surface area contributed by atoms with E-state index >= 15 is 0 Å². The number of ether oxygens (including phenoxy) is 3. The molecule has 1 aliphatic heterocycles. The van der Waals surface area contributed by atoms with Gasteiger partial charge in [-0.2, -0.15) is 0 Å². The topological polar surface area (TPSA) is 109 Å². The van der Waals surface area contributed by atoms with Gasteiger partial charge < -0.3 is 29.5 Å². The zero-order valence-corrected chi connectivity index (χ0v) is 22.3. The molecule has 2 aromatic rings. The second-order valence-corrected chi connectivity index (χ2v) is 10.2. The van der Waals surface area contributed by atoms with Crippen LogP contribution in [0.25, 0.3) is 12.2 Å². The quantitative estimate of drug-likeness (QED) is 0.125. The Morgan fingerprint density at radius 3 is 2.34 bits per heavy atom. The highest BCUT2D eigenvalue weighted by molar-refractivity contribution is 6.02. The molecule has 0 aromatic heterocycles. The summed E-state index contributed by atoms with van der Waals surface area (Å²) in [6, 6.07) is 8.25. The number of carbonyl (C=O) groups is 1. The van der Waals surface area contributed by atoms with Crippen LogP contribution in [0.15, 0.2) is 66.0 Å². The summed E-state index contributed by atoms with van der Waals surface area (Å²) in [5.74, 6) is -0.106. The van der Waals surface area contributed by atoms with Crippen molar-refractivity contribution in [3.05, 3.63) is 82.7 Å². The lowest BCUT2D eigenvalue weighted by Gasteiger charge is -2.30. The number of hydrogen-bond acceptors (Lipinski definition) is 7. The zero-order chi connectivity index (χ0) is 27.7. The molecule has 2 atom stereocenters. The molecule has 200 valence electrons. The van der Waals surface area contributed by atoms with Crippen molar-refractivity contribution >= 4 is 17.9 Å². The average molecular weight is 519 g/mol. The van der Waals surface area contributed by atoms with Gasteiger partial charge in [0.05, 0.1) is 19.8 Å². The summed E-state index contributed by atoms with van der Waals surface area (Å²) >= 11 is 0. The fourth-order valence-electron chi connectivity index (χ4n) is 5.14. The lowest BCUT2D eigenvalue weighted by molar-refractivity contribution is -0.110. The lowest BCUT2D eigenvalue weighted by Crippen LogP contribution is -2.31. The summed E-state index contributed by atoms with van der Waals surface area (Å²) in [6.45, 7) is 6.22. The Morgan fingerprint density at radius 2 is 1.68 bits per heavy atom. The second-order valence-electron chi connectivity index (χ2n) is 10.2. The summed E-state index contributed by atoms with van der Waals surface area (Å²) in [7, 11) is 2.94. The van der Waals surface area contributed by atoms with Crippen molar-refractivity contribution in [2.45, 2.75) is 50.7 Å². The first-order valence-corrected chi connectivity index (χ1v) is 12.5. The molecule has 38 heavy (non-hydrogen) atoms. The molecule has 1 aliphatic carbocycles. The Hall–Kier alpha value is -3.97. The molecule has 2 aromatic carbocycles. The number of epoxide rings is 1. The van der Waals surface area contributed by atoms with Gasteiger partial charge in [0.15, 0.2) is 28.8 Å². The molecule has 7 nitrogen and oxygen atoms in total. The van der Waals surface area contributed by atoms with E-state index in [2.05, 4.69) is 26.8 Å². The maximum Gasteiger partial charge on any atom is 0.182 e. The summed E-state index contributed by atoms with van der Waals surface area (Å²) in [5.41, 5.74) is 2.59. The van der Waals surface area contributed by atoms with Crippen LogP contribution in [0.2, 0.25) is 0 Å². The van der Waals surface area contributed by atoms with Crippen molar-refractivity contribution in [3.63, 3.8) is 0 Å². The predicted octanol–water partition coefficient (Wildman–Crippen LogP) is 6.22. The summed E-state index contributed by atoms with van der Waals surface area (Å²) in [4.78, 5) is 12.3. The minimum Gasteiger partial charge on any atom is -0.508 e. The Morgan fingerprint density at radius 1 is 1.03 bits per heavy atom. The SMILES string of the molecule is COc1cc(/C=C/C(=O)/C=C(O)/C=C/c2cc(OC)c(O)c([C@H]3C=C(C)CC[C@@]34OC4(C)C)c2)ccc1O. The molecule has 0 bridgehead atoms. The van der Waals surface area contributed by atoms with Gasteiger partial charge in [0, 0.05) is 17.6 Å². The van der Waals surface area contributed by atoms with Crippen LogP contribution in [-0.4, -0.2) is 46.5 Å². The van der Waals surface area contributed by atoms with Crippen molar-refractivity contribution < 1.29 is 34.3 Å². The minimum absolute atomic E-state index is 0.00542. The molecule has 3 N–H and O–H groups in total. The molecule has 7 heteroatoms. The van der Waals surface area contributed by atoms with E-state index in [0.717, 1.165) is 18.9 Å². The summed E-state index contributed by atoms with van der Waals surface area (Å²) in [6.07, 6.45) is 11.0. The summed E-state index contributed by atoms with van der Waals surface area (Å²) in [5, 5.41) is 31.0. The van der Waals surface area contributed by atoms with E-state index in [1.54, 1.807) is 30.4 Å². The molecule has 0 radical (unpaired) electrons.